The largest absolute Gasteiger partial charge is 0.398 e. The van der Waals surface area contributed by atoms with Crippen molar-refractivity contribution in [3.63, 3.8) is 0 Å². The number of tetrazole rings is 1. The van der Waals surface area contributed by atoms with Crippen molar-refractivity contribution in [3.05, 3.63) is 53.6 Å². The van der Waals surface area contributed by atoms with E-state index in [0.29, 0.717) is 11.5 Å². The summed E-state index contributed by atoms with van der Waals surface area (Å²) < 4.78 is 1.73. The van der Waals surface area contributed by atoms with Crippen molar-refractivity contribution in [2.45, 2.75) is 13.8 Å². The van der Waals surface area contributed by atoms with Crippen LogP contribution < -0.4 is 5.73 Å². The van der Waals surface area contributed by atoms with Crippen LogP contribution in [0.25, 0.3) is 17.1 Å². The molecule has 0 saturated heterocycles. The molecule has 3 rings (SSSR count). The molecule has 20 heavy (non-hydrogen) atoms. The number of hydrogen-bond donors (Lipinski definition) is 1. The van der Waals surface area contributed by atoms with Crippen LogP contribution in [0.15, 0.2) is 42.5 Å². The van der Waals surface area contributed by atoms with E-state index in [9.17, 15) is 0 Å². The lowest BCUT2D eigenvalue weighted by Crippen LogP contribution is -2.04. The normalized spacial score (nSPS) is 10.7. The van der Waals surface area contributed by atoms with Crippen LogP contribution in [0.3, 0.4) is 0 Å². The summed E-state index contributed by atoms with van der Waals surface area (Å²) in [5.74, 6) is 0.662. The minimum absolute atomic E-state index is 0.662. The molecular formula is C15H15N5. The molecule has 1 aromatic heterocycles. The average Bonchev–Trinajstić information content (AvgIpc) is 2.88. The van der Waals surface area contributed by atoms with Gasteiger partial charge in [0, 0.05) is 11.3 Å². The number of para-hydroxylation sites is 1. The van der Waals surface area contributed by atoms with Gasteiger partial charge in [-0.2, -0.15) is 4.68 Å². The molecule has 5 nitrogen and oxygen atoms in total. The zero-order chi connectivity index (χ0) is 14.1. The summed E-state index contributed by atoms with van der Waals surface area (Å²) in [6.45, 7) is 4.03. The van der Waals surface area contributed by atoms with E-state index in [4.69, 9.17) is 5.73 Å². The first-order chi connectivity index (χ1) is 9.68. The first-order valence-electron chi connectivity index (χ1n) is 6.38. The fraction of sp³-hybridized carbons (Fsp3) is 0.133. The number of anilines is 1. The van der Waals surface area contributed by atoms with E-state index in [1.54, 1.807) is 4.68 Å². The van der Waals surface area contributed by atoms with Crippen LogP contribution in [0.4, 0.5) is 5.69 Å². The Balaban J connectivity index is 2.24. The first-order valence-corrected chi connectivity index (χ1v) is 6.38. The zero-order valence-corrected chi connectivity index (χ0v) is 11.4. The number of nitrogens with two attached hydrogens (primary N) is 1. The van der Waals surface area contributed by atoms with Gasteiger partial charge in [0.2, 0.25) is 0 Å². The van der Waals surface area contributed by atoms with Gasteiger partial charge in [-0.25, -0.2) is 0 Å². The fourth-order valence-electron chi connectivity index (χ4n) is 2.30. The highest BCUT2D eigenvalue weighted by molar-refractivity contribution is 5.75. The van der Waals surface area contributed by atoms with Gasteiger partial charge in [-0.15, -0.1) is 5.10 Å². The molecule has 0 spiro atoms. The molecule has 1 heterocycles. The molecule has 0 saturated carbocycles. The number of rotatable bonds is 2. The second-order valence-electron chi connectivity index (χ2n) is 4.74. The van der Waals surface area contributed by atoms with E-state index in [-0.39, 0.29) is 0 Å². The second-order valence-corrected chi connectivity index (χ2v) is 4.74. The van der Waals surface area contributed by atoms with Crippen molar-refractivity contribution in [2.24, 2.45) is 0 Å². The van der Waals surface area contributed by atoms with E-state index >= 15 is 0 Å². The quantitative estimate of drug-likeness (QED) is 0.723. The molecule has 0 radical (unpaired) electrons. The van der Waals surface area contributed by atoms with Crippen molar-refractivity contribution >= 4 is 5.69 Å². The van der Waals surface area contributed by atoms with Crippen LogP contribution in [0, 0.1) is 13.8 Å². The van der Waals surface area contributed by atoms with Crippen LogP contribution >= 0.6 is 0 Å². The number of benzene rings is 2. The zero-order valence-electron chi connectivity index (χ0n) is 11.4. The molecule has 0 fully saturated rings. The minimum atomic E-state index is 0.662. The number of aromatic nitrogens is 4. The van der Waals surface area contributed by atoms with Gasteiger partial charge in [-0.05, 0) is 47.5 Å². The third kappa shape index (κ3) is 1.93. The summed E-state index contributed by atoms with van der Waals surface area (Å²) >= 11 is 0. The Hall–Kier alpha value is -2.69. The van der Waals surface area contributed by atoms with Crippen LogP contribution in [-0.4, -0.2) is 20.2 Å². The predicted molar refractivity (Wildman–Crippen MR) is 78.5 cm³/mol. The van der Waals surface area contributed by atoms with Gasteiger partial charge in [0.25, 0.3) is 0 Å². The van der Waals surface area contributed by atoms with Gasteiger partial charge in [-0.3, -0.25) is 0 Å². The molecule has 3 aromatic rings. The van der Waals surface area contributed by atoms with Crippen molar-refractivity contribution in [1.29, 1.82) is 0 Å². The molecule has 0 amide bonds. The van der Waals surface area contributed by atoms with Crippen LogP contribution in [0.5, 0.6) is 0 Å². The number of hydrogen-bond acceptors (Lipinski definition) is 4. The maximum absolute atomic E-state index is 6.09. The highest BCUT2D eigenvalue weighted by Gasteiger charge is 2.16. The Labute approximate surface area is 117 Å². The van der Waals surface area contributed by atoms with E-state index in [1.165, 1.54) is 0 Å². The Bertz CT molecular complexity index is 740. The minimum Gasteiger partial charge on any atom is -0.398 e. The van der Waals surface area contributed by atoms with E-state index in [1.807, 2.05) is 56.3 Å². The maximum atomic E-state index is 6.09. The topological polar surface area (TPSA) is 69.6 Å². The van der Waals surface area contributed by atoms with Gasteiger partial charge in [0.05, 0.1) is 5.69 Å². The summed E-state index contributed by atoms with van der Waals surface area (Å²) in [5.41, 5.74) is 10.7. The summed E-state index contributed by atoms with van der Waals surface area (Å²) in [7, 11) is 0. The van der Waals surface area contributed by atoms with E-state index in [2.05, 4.69) is 15.5 Å². The fourth-order valence-corrected chi connectivity index (χ4v) is 2.30. The van der Waals surface area contributed by atoms with Gasteiger partial charge in [0.15, 0.2) is 5.82 Å². The molecule has 0 bridgehead atoms. The van der Waals surface area contributed by atoms with Gasteiger partial charge in [-0.1, -0.05) is 30.3 Å². The molecule has 0 aliphatic heterocycles. The van der Waals surface area contributed by atoms with Crippen LogP contribution in [-0.2, 0) is 0 Å². The molecule has 2 N–H and O–H groups in total. The smallest absolute Gasteiger partial charge is 0.189 e. The second kappa shape index (κ2) is 4.77. The highest BCUT2D eigenvalue weighted by Crippen LogP contribution is 2.29. The first kappa shape index (κ1) is 12.3. The lowest BCUT2D eigenvalue weighted by Gasteiger charge is -2.11. The number of aryl methyl sites for hydroxylation is 2. The van der Waals surface area contributed by atoms with Gasteiger partial charge in [0.1, 0.15) is 0 Å². The molecular weight excluding hydrogens is 250 g/mol. The third-order valence-electron chi connectivity index (χ3n) is 3.34. The van der Waals surface area contributed by atoms with Crippen LogP contribution in [0.2, 0.25) is 0 Å². The Morgan fingerprint density at radius 2 is 1.70 bits per heavy atom. The van der Waals surface area contributed by atoms with Crippen molar-refractivity contribution in [2.75, 3.05) is 5.73 Å². The van der Waals surface area contributed by atoms with Crippen molar-refractivity contribution in [3.8, 4) is 17.1 Å². The lowest BCUT2D eigenvalue weighted by molar-refractivity contribution is 0.787. The SMILES string of the molecule is Cc1ccccc1-n1nnnc1-c1c(C)cccc1N. The summed E-state index contributed by atoms with van der Waals surface area (Å²) in [6, 6.07) is 13.8. The number of nitrogens with zero attached hydrogens (tertiary/aromatic N) is 4. The standard InChI is InChI=1S/C15H15N5/c1-10-6-3-4-9-13(10)20-15(17-18-19-20)14-11(2)7-5-8-12(14)16/h3-9H,16H2,1-2H3. The molecule has 0 atom stereocenters. The summed E-state index contributed by atoms with van der Waals surface area (Å²) in [5, 5.41) is 12.1. The Kier molecular flexibility index (Phi) is 2.95. The molecule has 5 heteroatoms. The number of nitrogen functional groups attached to an aromatic ring is 1. The average molecular weight is 265 g/mol. The van der Waals surface area contributed by atoms with E-state index in [0.717, 1.165) is 22.4 Å². The monoisotopic (exact) mass is 265 g/mol. The Morgan fingerprint density at radius 3 is 2.45 bits per heavy atom. The van der Waals surface area contributed by atoms with Gasteiger partial charge < -0.3 is 5.73 Å². The summed E-state index contributed by atoms with van der Waals surface area (Å²) in [6.07, 6.45) is 0. The third-order valence-corrected chi connectivity index (χ3v) is 3.34. The maximum Gasteiger partial charge on any atom is 0.189 e. The van der Waals surface area contributed by atoms with E-state index < -0.39 is 0 Å². The molecule has 0 aliphatic carbocycles. The van der Waals surface area contributed by atoms with Crippen LogP contribution in [0.1, 0.15) is 11.1 Å². The summed E-state index contributed by atoms with van der Waals surface area (Å²) in [4.78, 5) is 0. The van der Waals surface area contributed by atoms with Crippen molar-refractivity contribution < 1.29 is 0 Å². The molecule has 0 aliphatic rings. The Morgan fingerprint density at radius 1 is 0.950 bits per heavy atom. The van der Waals surface area contributed by atoms with Crippen molar-refractivity contribution in [1.82, 2.24) is 20.2 Å². The van der Waals surface area contributed by atoms with Gasteiger partial charge >= 0.3 is 0 Å². The lowest BCUT2D eigenvalue weighted by atomic mass is 10.1. The highest BCUT2D eigenvalue weighted by atomic mass is 15.5. The molecule has 100 valence electrons. The molecule has 2 aromatic carbocycles. The predicted octanol–water partition coefficient (Wildman–Crippen LogP) is 2.53. The molecule has 0 unspecified atom stereocenters.